The van der Waals surface area contributed by atoms with Crippen LogP contribution in [0.15, 0.2) is 46.5 Å². The summed E-state index contributed by atoms with van der Waals surface area (Å²) in [6.07, 6.45) is 3.61. The zero-order valence-corrected chi connectivity index (χ0v) is 19.4. The van der Waals surface area contributed by atoms with Crippen LogP contribution in [0.4, 0.5) is 0 Å². The summed E-state index contributed by atoms with van der Waals surface area (Å²) in [5, 5.41) is 0.432. The van der Waals surface area contributed by atoms with Gasteiger partial charge in [0.05, 0.1) is 11.0 Å². The molecule has 1 unspecified atom stereocenters. The van der Waals surface area contributed by atoms with E-state index in [9.17, 15) is 9.35 Å². The van der Waals surface area contributed by atoms with Gasteiger partial charge in [-0.25, -0.2) is 9.97 Å². The van der Waals surface area contributed by atoms with Crippen molar-refractivity contribution in [3.05, 3.63) is 47.9 Å². The van der Waals surface area contributed by atoms with E-state index < -0.39 is 11.2 Å². The molecule has 1 aliphatic heterocycles. The van der Waals surface area contributed by atoms with Crippen molar-refractivity contribution in [2.75, 3.05) is 13.2 Å². The van der Waals surface area contributed by atoms with E-state index in [1.54, 1.807) is 12.1 Å². The van der Waals surface area contributed by atoms with E-state index in [1.165, 1.54) is 13.1 Å². The molecule has 0 N–H and O–H groups in total. The van der Waals surface area contributed by atoms with Crippen LogP contribution < -0.4 is 0 Å². The van der Waals surface area contributed by atoms with Crippen LogP contribution in [0, 0.1) is 5.92 Å². The second-order valence-corrected chi connectivity index (χ2v) is 10.6. The van der Waals surface area contributed by atoms with Gasteiger partial charge in [0, 0.05) is 60.2 Å². The van der Waals surface area contributed by atoms with Crippen LogP contribution in [0.2, 0.25) is 0 Å². The second-order valence-electron chi connectivity index (χ2n) is 9.21. The number of nitrogens with zero attached hydrogens (tertiary/aromatic N) is 3. The molecule has 3 aromatic rings. The van der Waals surface area contributed by atoms with Crippen LogP contribution in [-0.2, 0) is 27.9 Å². The largest absolute Gasteiger partial charge is 0.605 e. The Hall–Kier alpha value is -2.22. The summed E-state index contributed by atoms with van der Waals surface area (Å²) in [5.41, 5.74) is 2.33. The number of ketones is 1. The summed E-state index contributed by atoms with van der Waals surface area (Å²) in [6.45, 7) is 10.6. The van der Waals surface area contributed by atoms with Crippen molar-refractivity contribution < 1.29 is 14.1 Å². The molecule has 0 aliphatic carbocycles. The molecule has 1 aromatic carbocycles. The molecule has 164 valence electrons. The standard InChI is InChI=1S/C24H29N3O3S/c1-16(28)18-5-8-22(25-14-18)31(29)19-6-7-21-20(13-19)26-23(24(2,3)4)27(21)15-17-9-11-30-12-10-17/h5-8,13-14,17H,9-12,15H2,1-4H3. The summed E-state index contributed by atoms with van der Waals surface area (Å²) in [5.74, 6) is 1.56. The van der Waals surface area contributed by atoms with Gasteiger partial charge >= 0.3 is 0 Å². The van der Waals surface area contributed by atoms with Gasteiger partial charge in [-0.3, -0.25) is 4.79 Å². The maximum Gasteiger partial charge on any atom is 0.250 e. The number of carbonyl (C=O) groups is 1. The third-order valence-electron chi connectivity index (χ3n) is 5.72. The molecule has 0 amide bonds. The van der Waals surface area contributed by atoms with Gasteiger partial charge in [-0.05, 0) is 43.9 Å². The van der Waals surface area contributed by atoms with Gasteiger partial charge in [0.2, 0.25) is 5.03 Å². The predicted octanol–water partition coefficient (Wildman–Crippen LogP) is 4.52. The second kappa shape index (κ2) is 8.73. The Morgan fingerprint density at radius 1 is 1.23 bits per heavy atom. The number of aromatic nitrogens is 3. The first-order valence-corrected chi connectivity index (χ1v) is 11.9. The molecule has 31 heavy (non-hydrogen) atoms. The summed E-state index contributed by atoms with van der Waals surface area (Å²) in [7, 11) is 0. The number of hydrogen-bond donors (Lipinski definition) is 0. The van der Waals surface area contributed by atoms with Crippen molar-refractivity contribution in [3.63, 3.8) is 0 Å². The molecule has 0 saturated carbocycles. The monoisotopic (exact) mass is 439 g/mol. The predicted molar refractivity (Wildman–Crippen MR) is 121 cm³/mol. The minimum absolute atomic E-state index is 0.0592. The number of benzene rings is 1. The Morgan fingerprint density at radius 2 is 1.97 bits per heavy atom. The van der Waals surface area contributed by atoms with Gasteiger partial charge in [0.25, 0.3) is 0 Å². The zero-order chi connectivity index (χ0) is 22.2. The van der Waals surface area contributed by atoms with Crippen LogP contribution >= 0.6 is 0 Å². The lowest BCUT2D eigenvalue weighted by molar-refractivity contribution is 0.0611. The van der Waals surface area contributed by atoms with Crippen LogP contribution in [0.5, 0.6) is 0 Å². The topological polar surface area (TPSA) is 80.1 Å². The number of Topliss-reactive ketones (excluding diaryl/α,β-unsaturated/α-hetero) is 1. The Labute approximate surface area is 186 Å². The van der Waals surface area contributed by atoms with E-state index >= 15 is 0 Å². The molecule has 1 saturated heterocycles. The summed E-state index contributed by atoms with van der Waals surface area (Å²) in [4.78, 5) is 21.3. The molecule has 0 bridgehead atoms. The first kappa shape index (κ1) is 22.0. The van der Waals surface area contributed by atoms with Gasteiger partial charge in [0.15, 0.2) is 10.7 Å². The maximum atomic E-state index is 13.1. The fourth-order valence-electron chi connectivity index (χ4n) is 3.99. The van der Waals surface area contributed by atoms with Crippen molar-refractivity contribution in [1.82, 2.24) is 14.5 Å². The molecule has 1 atom stereocenters. The number of hydrogen-bond acceptors (Lipinski definition) is 5. The molecule has 2 aromatic heterocycles. The van der Waals surface area contributed by atoms with E-state index in [1.807, 2.05) is 18.2 Å². The summed E-state index contributed by atoms with van der Waals surface area (Å²) in [6, 6.07) is 9.15. The Balaban J connectivity index is 1.69. The third kappa shape index (κ3) is 4.68. The number of ether oxygens (including phenoxy) is 1. The van der Waals surface area contributed by atoms with Gasteiger partial charge in [-0.15, -0.1) is 0 Å². The Bertz CT molecular complexity index is 1080. The Kier molecular flexibility index (Phi) is 6.19. The van der Waals surface area contributed by atoms with E-state index in [2.05, 4.69) is 30.3 Å². The normalized spacial score (nSPS) is 16.5. The number of rotatable bonds is 5. The highest BCUT2D eigenvalue weighted by atomic mass is 32.2. The highest BCUT2D eigenvalue weighted by Gasteiger charge is 2.27. The van der Waals surface area contributed by atoms with Gasteiger partial charge in [0.1, 0.15) is 5.82 Å². The lowest BCUT2D eigenvalue weighted by atomic mass is 9.94. The van der Waals surface area contributed by atoms with Gasteiger partial charge in [-0.1, -0.05) is 20.8 Å². The fourth-order valence-corrected chi connectivity index (χ4v) is 4.98. The van der Waals surface area contributed by atoms with Crippen molar-refractivity contribution in [2.24, 2.45) is 5.92 Å². The van der Waals surface area contributed by atoms with Crippen molar-refractivity contribution in [2.45, 2.75) is 62.4 Å². The first-order chi connectivity index (χ1) is 14.7. The van der Waals surface area contributed by atoms with E-state index in [0.717, 1.165) is 49.5 Å². The minimum atomic E-state index is -1.44. The van der Waals surface area contributed by atoms with Crippen LogP contribution in [-0.4, -0.2) is 38.1 Å². The quantitative estimate of drug-likeness (QED) is 0.431. The maximum absolute atomic E-state index is 13.1. The SMILES string of the molecule is CC(=O)c1ccc([S+]([O-])c2ccc3c(c2)nc(C(C)(C)C)n3CC2CCOCC2)nc1. The van der Waals surface area contributed by atoms with E-state index in [0.29, 0.717) is 21.4 Å². The molecule has 4 rings (SSSR count). The zero-order valence-electron chi connectivity index (χ0n) is 18.6. The number of fused-ring (bicyclic) bond motifs is 1. The molecule has 0 radical (unpaired) electrons. The van der Waals surface area contributed by atoms with Crippen LogP contribution in [0.1, 0.15) is 56.7 Å². The number of imidazole rings is 1. The van der Waals surface area contributed by atoms with Gasteiger partial charge in [-0.2, -0.15) is 0 Å². The van der Waals surface area contributed by atoms with Crippen LogP contribution in [0.25, 0.3) is 11.0 Å². The molecule has 0 spiro atoms. The molecule has 3 heterocycles. The minimum Gasteiger partial charge on any atom is -0.605 e. The highest BCUT2D eigenvalue weighted by molar-refractivity contribution is 7.91. The summed E-state index contributed by atoms with van der Waals surface area (Å²) >= 11 is -1.44. The molecule has 7 heteroatoms. The lowest BCUT2D eigenvalue weighted by Gasteiger charge is -2.26. The average Bonchev–Trinajstić information content (AvgIpc) is 3.12. The van der Waals surface area contributed by atoms with Gasteiger partial charge < -0.3 is 13.9 Å². The molecular formula is C24H29N3O3S. The van der Waals surface area contributed by atoms with Crippen molar-refractivity contribution in [1.29, 1.82) is 0 Å². The van der Waals surface area contributed by atoms with Crippen molar-refractivity contribution >= 4 is 28.0 Å². The lowest BCUT2D eigenvalue weighted by Crippen LogP contribution is -2.25. The Morgan fingerprint density at radius 3 is 2.58 bits per heavy atom. The fraction of sp³-hybridized carbons (Fsp3) is 0.458. The van der Waals surface area contributed by atoms with Crippen molar-refractivity contribution in [3.8, 4) is 0 Å². The first-order valence-electron chi connectivity index (χ1n) is 10.7. The third-order valence-corrected chi connectivity index (χ3v) is 7.02. The molecule has 1 fully saturated rings. The van der Waals surface area contributed by atoms with Crippen LogP contribution in [0.3, 0.4) is 0 Å². The van der Waals surface area contributed by atoms with E-state index in [-0.39, 0.29) is 11.2 Å². The summed E-state index contributed by atoms with van der Waals surface area (Å²) < 4.78 is 20.9. The molecule has 1 aliphatic rings. The highest BCUT2D eigenvalue weighted by Crippen LogP contribution is 2.31. The number of pyridine rings is 1. The molecular weight excluding hydrogens is 410 g/mol. The average molecular weight is 440 g/mol. The number of carbonyl (C=O) groups excluding carboxylic acids is 1. The molecule has 6 nitrogen and oxygen atoms in total. The smallest absolute Gasteiger partial charge is 0.250 e. The van der Waals surface area contributed by atoms with E-state index in [4.69, 9.17) is 9.72 Å².